The first-order chi connectivity index (χ1) is 14.2. The molecule has 0 aliphatic heterocycles. The van der Waals surface area contributed by atoms with Gasteiger partial charge in [0, 0.05) is 12.1 Å². The van der Waals surface area contributed by atoms with Gasteiger partial charge in [-0.25, -0.2) is 4.79 Å². The van der Waals surface area contributed by atoms with Gasteiger partial charge in [-0.3, -0.25) is 5.32 Å². The van der Waals surface area contributed by atoms with E-state index in [9.17, 15) is 9.90 Å². The molecule has 3 rings (SSSR count). The summed E-state index contributed by atoms with van der Waals surface area (Å²) in [4.78, 5) is 12.2. The molecule has 0 saturated heterocycles. The Labute approximate surface area is 172 Å². The van der Waals surface area contributed by atoms with E-state index in [1.807, 2.05) is 60.7 Å². The van der Waals surface area contributed by atoms with Gasteiger partial charge < -0.3 is 9.84 Å². The standard InChI is InChI=1S/C25H27NO3/c1-2-3-9-19-14-15-24(27)22(16-19)17-21-12-7-8-13-23(21)26-25(28)29-18-20-10-5-4-6-11-20/h4-8,10-16,27H,2-3,9,17-18H2,1H3,(H,26,28). The first kappa shape index (κ1) is 20.5. The average molecular weight is 389 g/mol. The maximum atomic E-state index is 12.2. The summed E-state index contributed by atoms with van der Waals surface area (Å²) >= 11 is 0. The molecule has 0 heterocycles. The van der Waals surface area contributed by atoms with Crippen LogP contribution in [0, 0.1) is 0 Å². The number of amides is 1. The highest BCUT2D eigenvalue weighted by molar-refractivity contribution is 5.85. The molecule has 29 heavy (non-hydrogen) atoms. The van der Waals surface area contributed by atoms with E-state index in [0.717, 1.165) is 36.0 Å². The number of anilines is 1. The van der Waals surface area contributed by atoms with Crippen molar-refractivity contribution in [2.75, 3.05) is 5.32 Å². The number of hydrogen-bond acceptors (Lipinski definition) is 3. The molecule has 0 saturated carbocycles. The zero-order chi connectivity index (χ0) is 20.5. The van der Waals surface area contributed by atoms with Crippen molar-refractivity contribution < 1.29 is 14.6 Å². The Kier molecular flexibility index (Phi) is 7.28. The van der Waals surface area contributed by atoms with Crippen molar-refractivity contribution in [2.45, 2.75) is 39.2 Å². The maximum absolute atomic E-state index is 12.2. The van der Waals surface area contributed by atoms with Crippen LogP contribution in [0.3, 0.4) is 0 Å². The van der Waals surface area contributed by atoms with E-state index >= 15 is 0 Å². The number of carbonyl (C=O) groups is 1. The molecule has 0 bridgehead atoms. The minimum absolute atomic E-state index is 0.217. The van der Waals surface area contributed by atoms with Crippen LogP contribution < -0.4 is 5.32 Å². The molecule has 1 amide bonds. The van der Waals surface area contributed by atoms with E-state index in [-0.39, 0.29) is 12.4 Å². The van der Waals surface area contributed by atoms with Crippen LogP contribution in [0.4, 0.5) is 10.5 Å². The molecule has 4 nitrogen and oxygen atoms in total. The number of nitrogens with one attached hydrogen (secondary N) is 1. The molecule has 0 aliphatic carbocycles. The molecule has 3 aromatic rings. The number of carbonyl (C=O) groups excluding carboxylic acids is 1. The third kappa shape index (κ3) is 6.11. The van der Waals surface area contributed by atoms with Gasteiger partial charge in [0.2, 0.25) is 0 Å². The lowest BCUT2D eigenvalue weighted by molar-refractivity contribution is 0.155. The van der Waals surface area contributed by atoms with E-state index < -0.39 is 6.09 Å². The minimum Gasteiger partial charge on any atom is -0.508 e. The van der Waals surface area contributed by atoms with Crippen LogP contribution in [-0.2, 0) is 24.2 Å². The summed E-state index contributed by atoms with van der Waals surface area (Å²) < 4.78 is 5.32. The van der Waals surface area contributed by atoms with Crippen molar-refractivity contribution >= 4 is 11.8 Å². The number of hydrogen-bond donors (Lipinski definition) is 2. The second-order valence-electron chi connectivity index (χ2n) is 7.09. The second kappa shape index (κ2) is 10.3. The zero-order valence-corrected chi connectivity index (χ0v) is 16.7. The number of para-hydroxylation sites is 1. The highest BCUT2D eigenvalue weighted by atomic mass is 16.5. The van der Waals surface area contributed by atoms with E-state index in [0.29, 0.717) is 12.1 Å². The van der Waals surface area contributed by atoms with Gasteiger partial charge in [-0.15, -0.1) is 0 Å². The molecular formula is C25H27NO3. The van der Waals surface area contributed by atoms with E-state index in [1.165, 1.54) is 5.56 Å². The fraction of sp³-hybridized carbons (Fsp3) is 0.240. The highest BCUT2D eigenvalue weighted by Crippen LogP contribution is 2.26. The summed E-state index contributed by atoms with van der Waals surface area (Å²) in [5.41, 5.74) is 4.61. The van der Waals surface area contributed by atoms with Gasteiger partial charge in [-0.1, -0.05) is 74.0 Å². The molecule has 2 N–H and O–H groups in total. The van der Waals surface area contributed by atoms with Gasteiger partial charge in [0.05, 0.1) is 0 Å². The van der Waals surface area contributed by atoms with E-state index in [4.69, 9.17) is 4.74 Å². The van der Waals surface area contributed by atoms with Crippen LogP contribution in [0.2, 0.25) is 0 Å². The summed E-state index contributed by atoms with van der Waals surface area (Å²) in [6.07, 6.45) is 3.28. The second-order valence-corrected chi connectivity index (χ2v) is 7.09. The van der Waals surface area contributed by atoms with Crippen molar-refractivity contribution in [1.29, 1.82) is 0 Å². The first-order valence-electron chi connectivity index (χ1n) is 10.0. The Morgan fingerprint density at radius 1 is 0.931 bits per heavy atom. The number of aromatic hydroxyl groups is 1. The van der Waals surface area contributed by atoms with Crippen molar-refractivity contribution in [2.24, 2.45) is 0 Å². The summed E-state index contributed by atoms with van der Waals surface area (Å²) in [5, 5.41) is 13.1. The lowest BCUT2D eigenvalue weighted by Crippen LogP contribution is -2.14. The molecule has 0 spiro atoms. The molecular weight excluding hydrogens is 362 g/mol. The Balaban J connectivity index is 1.68. The minimum atomic E-state index is -0.498. The van der Waals surface area contributed by atoms with Gasteiger partial charge in [0.1, 0.15) is 12.4 Å². The molecule has 0 atom stereocenters. The Hall–Kier alpha value is -3.27. The predicted molar refractivity (Wildman–Crippen MR) is 116 cm³/mol. The number of phenolic OH excluding ortho intramolecular Hbond substituents is 1. The summed E-state index contributed by atoms with van der Waals surface area (Å²) in [5.74, 6) is 0.270. The number of unbranched alkanes of at least 4 members (excludes halogenated alkanes) is 1. The fourth-order valence-corrected chi connectivity index (χ4v) is 3.19. The topological polar surface area (TPSA) is 58.6 Å². The lowest BCUT2D eigenvalue weighted by atomic mass is 9.98. The monoisotopic (exact) mass is 389 g/mol. The van der Waals surface area contributed by atoms with Crippen LogP contribution in [-0.4, -0.2) is 11.2 Å². The molecule has 0 unspecified atom stereocenters. The highest BCUT2D eigenvalue weighted by Gasteiger charge is 2.11. The molecule has 0 aromatic heterocycles. The van der Waals surface area contributed by atoms with Crippen molar-refractivity contribution in [3.63, 3.8) is 0 Å². The lowest BCUT2D eigenvalue weighted by Gasteiger charge is -2.13. The molecule has 0 radical (unpaired) electrons. The van der Waals surface area contributed by atoms with Crippen molar-refractivity contribution in [1.82, 2.24) is 0 Å². The Bertz CT molecular complexity index is 938. The van der Waals surface area contributed by atoms with Crippen LogP contribution in [0.1, 0.15) is 42.0 Å². The molecule has 150 valence electrons. The Morgan fingerprint density at radius 2 is 1.69 bits per heavy atom. The third-order valence-electron chi connectivity index (χ3n) is 4.81. The van der Waals surface area contributed by atoms with Crippen LogP contribution >= 0.6 is 0 Å². The zero-order valence-electron chi connectivity index (χ0n) is 16.7. The maximum Gasteiger partial charge on any atom is 0.411 e. The van der Waals surface area contributed by atoms with Crippen LogP contribution in [0.5, 0.6) is 5.75 Å². The quantitative estimate of drug-likeness (QED) is 0.491. The normalized spacial score (nSPS) is 10.5. The number of benzene rings is 3. The summed E-state index contributed by atoms with van der Waals surface area (Å²) in [6, 6.07) is 22.9. The smallest absolute Gasteiger partial charge is 0.411 e. The number of aryl methyl sites for hydroxylation is 1. The number of rotatable bonds is 8. The first-order valence-corrected chi connectivity index (χ1v) is 10.0. The average Bonchev–Trinajstić information content (AvgIpc) is 2.75. The van der Waals surface area contributed by atoms with Gasteiger partial charge >= 0.3 is 6.09 Å². The molecule has 0 aliphatic rings. The number of ether oxygens (including phenoxy) is 1. The molecule has 0 fully saturated rings. The fourth-order valence-electron chi connectivity index (χ4n) is 3.19. The predicted octanol–water partition coefficient (Wildman–Crippen LogP) is 6.07. The summed E-state index contributed by atoms with van der Waals surface area (Å²) in [7, 11) is 0. The molecule has 4 heteroatoms. The summed E-state index contributed by atoms with van der Waals surface area (Å²) in [6.45, 7) is 2.38. The Morgan fingerprint density at radius 3 is 2.48 bits per heavy atom. The third-order valence-corrected chi connectivity index (χ3v) is 4.81. The van der Waals surface area contributed by atoms with Gasteiger partial charge in [-0.05, 0) is 47.2 Å². The SMILES string of the molecule is CCCCc1ccc(O)c(Cc2ccccc2NC(=O)OCc2ccccc2)c1. The van der Waals surface area contributed by atoms with Gasteiger partial charge in [0.25, 0.3) is 0 Å². The number of phenols is 1. The van der Waals surface area contributed by atoms with Crippen LogP contribution in [0.25, 0.3) is 0 Å². The molecule has 3 aromatic carbocycles. The van der Waals surface area contributed by atoms with Gasteiger partial charge in [0.15, 0.2) is 0 Å². The largest absolute Gasteiger partial charge is 0.508 e. The van der Waals surface area contributed by atoms with E-state index in [1.54, 1.807) is 6.07 Å². The van der Waals surface area contributed by atoms with Crippen LogP contribution in [0.15, 0.2) is 72.8 Å². The van der Waals surface area contributed by atoms with E-state index in [2.05, 4.69) is 18.3 Å². The van der Waals surface area contributed by atoms with Crippen molar-refractivity contribution in [3.05, 3.63) is 95.1 Å². The van der Waals surface area contributed by atoms with Crippen molar-refractivity contribution in [3.8, 4) is 5.75 Å². The van der Waals surface area contributed by atoms with Gasteiger partial charge in [-0.2, -0.15) is 0 Å².